The molecule has 0 saturated heterocycles. The van der Waals surface area contributed by atoms with Gasteiger partial charge in [0.2, 0.25) is 5.70 Å². The van der Waals surface area contributed by atoms with Crippen LogP contribution in [0, 0.1) is 15.9 Å². The van der Waals surface area contributed by atoms with Gasteiger partial charge in [-0.3, -0.25) is 10.1 Å². The predicted octanol–water partition coefficient (Wildman–Crippen LogP) is 3.12. The number of halogens is 2. The van der Waals surface area contributed by atoms with Crippen molar-refractivity contribution in [3.8, 4) is 0 Å². The molecule has 0 heterocycles. The molecule has 5 heteroatoms. The summed E-state index contributed by atoms with van der Waals surface area (Å²) in [6, 6.07) is 4.34. The number of rotatable bonds is 2. The van der Waals surface area contributed by atoms with Gasteiger partial charge in [-0.25, -0.2) is 4.39 Å². The van der Waals surface area contributed by atoms with Gasteiger partial charge in [-0.05, 0) is 6.07 Å². The maximum absolute atomic E-state index is 13.2. The molecule has 0 saturated carbocycles. The van der Waals surface area contributed by atoms with Crippen molar-refractivity contribution in [3.05, 3.63) is 50.4 Å². The van der Waals surface area contributed by atoms with Crippen LogP contribution in [-0.4, -0.2) is 4.92 Å². The summed E-state index contributed by atoms with van der Waals surface area (Å²) in [4.78, 5) is 9.70. The van der Waals surface area contributed by atoms with Gasteiger partial charge in [0.1, 0.15) is 5.82 Å². The first-order chi connectivity index (χ1) is 6.52. The molecule has 0 radical (unpaired) electrons. The SMILES string of the molecule is C/C(=C/c1cccc(Cl)c1F)[N+](=O)[O-]. The van der Waals surface area contributed by atoms with E-state index in [1.54, 1.807) is 0 Å². The predicted molar refractivity (Wildman–Crippen MR) is 52.1 cm³/mol. The second-order valence-electron chi connectivity index (χ2n) is 2.69. The van der Waals surface area contributed by atoms with Crippen molar-refractivity contribution >= 4 is 17.7 Å². The third kappa shape index (κ3) is 2.29. The third-order valence-corrected chi connectivity index (χ3v) is 1.93. The molecule has 0 N–H and O–H groups in total. The zero-order chi connectivity index (χ0) is 10.7. The highest BCUT2D eigenvalue weighted by Crippen LogP contribution is 2.19. The number of nitrogens with zero attached hydrogens (tertiary/aromatic N) is 1. The van der Waals surface area contributed by atoms with Crippen molar-refractivity contribution in [2.75, 3.05) is 0 Å². The second kappa shape index (κ2) is 4.19. The molecule has 0 unspecified atom stereocenters. The van der Waals surface area contributed by atoms with Gasteiger partial charge in [-0.15, -0.1) is 0 Å². The fourth-order valence-electron chi connectivity index (χ4n) is 0.910. The minimum absolute atomic E-state index is 0.0464. The Hall–Kier alpha value is -1.42. The minimum atomic E-state index is -0.643. The van der Waals surface area contributed by atoms with Gasteiger partial charge in [-0.1, -0.05) is 23.7 Å². The van der Waals surface area contributed by atoms with Gasteiger partial charge in [0.15, 0.2) is 0 Å². The van der Waals surface area contributed by atoms with E-state index < -0.39 is 10.7 Å². The highest BCUT2D eigenvalue weighted by Gasteiger charge is 2.07. The van der Waals surface area contributed by atoms with Crippen LogP contribution in [0.5, 0.6) is 0 Å². The van der Waals surface area contributed by atoms with Crippen molar-refractivity contribution in [1.82, 2.24) is 0 Å². The Labute approximate surface area is 85.0 Å². The van der Waals surface area contributed by atoms with E-state index in [4.69, 9.17) is 11.6 Å². The number of hydrogen-bond acceptors (Lipinski definition) is 2. The van der Waals surface area contributed by atoms with E-state index in [1.807, 2.05) is 0 Å². The molecule has 0 aliphatic heterocycles. The Bertz CT molecular complexity index is 404. The van der Waals surface area contributed by atoms with E-state index >= 15 is 0 Å². The van der Waals surface area contributed by atoms with E-state index in [0.717, 1.165) is 6.08 Å². The first kappa shape index (κ1) is 10.7. The molecular formula is C9H7ClFNO2. The Morgan fingerprint density at radius 1 is 1.64 bits per heavy atom. The van der Waals surface area contributed by atoms with Crippen molar-refractivity contribution < 1.29 is 9.31 Å². The van der Waals surface area contributed by atoms with Gasteiger partial charge in [-0.2, -0.15) is 0 Å². The molecule has 1 aromatic rings. The third-order valence-electron chi connectivity index (χ3n) is 1.63. The highest BCUT2D eigenvalue weighted by atomic mass is 35.5. The summed E-state index contributed by atoms with van der Waals surface area (Å²) >= 11 is 5.50. The van der Waals surface area contributed by atoms with Crippen molar-refractivity contribution in [3.63, 3.8) is 0 Å². The normalized spacial score (nSPS) is 11.5. The fourth-order valence-corrected chi connectivity index (χ4v) is 1.09. The molecular weight excluding hydrogens is 209 g/mol. The number of allylic oxidation sites excluding steroid dienone is 1. The molecule has 74 valence electrons. The van der Waals surface area contributed by atoms with E-state index in [-0.39, 0.29) is 16.3 Å². The van der Waals surface area contributed by atoms with Crippen LogP contribution in [0.2, 0.25) is 5.02 Å². The summed E-state index contributed by atoms with van der Waals surface area (Å²) in [6.45, 7) is 1.29. The maximum Gasteiger partial charge on any atom is 0.243 e. The van der Waals surface area contributed by atoms with E-state index in [0.29, 0.717) is 0 Å². The van der Waals surface area contributed by atoms with Crippen molar-refractivity contribution in [2.24, 2.45) is 0 Å². The summed E-state index contributed by atoms with van der Waals surface area (Å²) in [5, 5.41) is 10.2. The Kier molecular flexibility index (Phi) is 3.19. The highest BCUT2D eigenvalue weighted by molar-refractivity contribution is 6.30. The monoisotopic (exact) mass is 215 g/mol. The van der Waals surface area contributed by atoms with Crippen LogP contribution in [-0.2, 0) is 0 Å². The molecule has 0 atom stereocenters. The zero-order valence-corrected chi connectivity index (χ0v) is 8.08. The van der Waals surface area contributed by atoms with Crippen LogP contribution >= 0.6 is 11.6 Å². The Morgan fingerprint density at radius 3 is 2.86 bits per heavy atom. The quantitative estimate of drug-likeness (QED) is 0.562. The van der Waals surface area contributed by atoms with Crippen molar-refractivity contribution in [1.29, 1.82) is 0 Å². The molecule has 0 amide bonds. The molecule has 1 aromatic carbocycles. The van der Waals surface area contributed by atoms with E-state index in [1.165, 1.54) is 25.1 Å². The van der Waals surface area contributed by atoms with Crippen LogP contribution in [0.15, 0.2) is 23.9 Å². The van der Waals surface area contributed by atoms with Crippen LogP contribution in [0.25, 0.3) is 6.08 Å². The first-order valence-corrected chi connectivity index (χ1v) is 4.17. The lowest BCUT2D eigenvalue weighted by Crippen LogP contribution is -1.94. The average Bonchev–Trinajstić information content (AvgIpc) is 2.12. The van der Waals surface area contributed by atoms with Crippen molar-refractivity contribution in [2.45, 2.75) is 6.92 Å². The number of hydrogen-bond donors (Lipinski definition) is 0. The maximum atomic E-state index is 13.2. The molecule has 0 fully saturated rings. The molecule has 14 heavy (non-hydrogen) atoms. The topological polar surface area (TPSA) is 43.1 Å². The average molecular weight is 216 g/mol. The minimum Gasteiger partial charge on any atom is -0.259 e. The lowest BCUT2D eigenvalue weighted by molar-refractivity contribution is -0.422. The van der Waals surface area contributed by atoms with Gasteiger partial charge < -0.3 is 0 Å². The van der Waals surface area contributed by atoms with Crippen LogP contribution < -0.4 is 0 Å². The lowest BCUT2D eigenvalue weighted by atomic mass is 10.2. The number of benzene rings is 1. The molecule has 0 aliphatic rings. The van der Waals surface area contributed by atoms with Gasteiger partial charge in [0.05, 0.1) is 9.95 Å². The summed E-state index contributed by atoms with van der Waals surface area (Å²) in [5.74, 6) is -0.643. The van der Waals surface area contributed by atoms with Gasteiger partial charge in [0, 0.05) is 18.6 Å². The summed E-state index contributed by atoms with van der Waals surface area (Å²) < 4.78 is 13.2. The summed E-state index contributed by atoms with van der Waals surface area (Å²) in [6.07, 6.45) is 1.14. The molecule has 0 spiro atoms. The molecule has 3 nitrogen and oxygen atoms in total. The molecule has 0 bridgehead atoms. The molecule has 0 aromatic heterocycles. The fraction of sp³-hybridized carbons (Fsp3) is 0.111. The summed E-state index contributed by atoms with van der Waals surface area (Å²) in [5.41, 5.74) is -0.0159. The van der Waals surface area contributed by atoms with E-state index in [2.05, 4.69) is 0 Å². The molecule has 1 rings (SSSR count). The van der Waals surface area contributed by atoms with Crippen LogP contribution in [0.1, 0.15) is 12.5 Å². The van der Waals surface area contributed by atoms with Crippen LogP contribution in [0.3, 0.4) is 0 Å². The Balaban J connectivity index is 3.15. The molecule has 0 aliphatic carbocycles. The van der Waals surface area contributed by atoms with Gasteiger partial charge >= 0.3 is 0 Å². The Morgan fingerprint density at radius 2 is 2.29 bits per heavy atom. The largest absolute Gasteiger partial charge is 0.259 e. The zero-order valence-electron chi connectivity index (χ0n) is 7.33. The summed E-state index contributed by atoms with van der Waals surface area (Å²) in [7, 11) is 0. The van der Waals surface area contributed by atoms with Crippen LogP contribution in [0.4, 0.5) is 4.39 Å². The second-order valence-corrected chi connectivity index (χ2v) is 3.09. The standard InChI is InChI=1S/C9H7ClFNO2/c1-6(12(13)14)5-7-3-2-4-8(10)9(7)11/h2-5H,1H3/b6-5-. The smallest absolute Gasteiger partial charge is 0.243 e. The number of nitro groups is 1. The van der Waals surface area contributed by atoms with E-state index in [9.17, 15) is 14.5 Å². The lowest BCUT2D eigenvalue weighted by Gasteiger charge is -1.98. The first-order valence-electron chi connectivity index (χ1n) is 3.79. The van der Waals surface area contributed by atoms with Gasteiger partial charge in [0.25, 0.3) is 0 Å².